The summed E-state index contributed by atoms with van der Waals surface area (Å²) in [5.41, 5.74) is 5.22. The molecule has 4 nitrogen and oxygen atoms in total. The first-order valence-electron chi connectivity index (χ1n) is 8.86. The van der Waals surface area contributed by atoms with Crippen molar-refractivity contribution in [1.29, 1.82) is 0 Å². The third-order valence-corrected chi connectivity index (χ3v) is 5.51. The van der Waals surface area contributed by atoms with Gasteiger partial charge in [0.2, 0.25) is 0 Å². The molecular formula is C21H22N2O2. The molecule has 0 saturated carbocycles. The monoisotopic (exact) mass is 334 g/mol. The van der Waals surface area contributed by atoms with Crippen LogP contribution in [0.1, 0.15) is 54.8 Å². The average molecular weight is 334 g/mol. The molecule has 1 aliphatic carbocycles. The minimum Gasteiger partial charge on any atom is -0.377 e. The number of fused-ring (bicyclic) bond motifs is 3. The van der Waals surface area contributed by atoms with E-state index in [-0.39, 0.29) is 16.7 Å². The summed E-state index contributed by atoms with van der Waals surface area (Å²) in [4.78, 5) is 10.6. The number of benzene rings is 2. The number of hydrogen-bond donors (Lipinski definition) is 1. The molecule has 0 amide bonds. The summed E-state index contributed by atoms with van der Waals surface area (Å²) in [6.45, 7) is 4.43. The quantitative estimate of drug-likeness (QED) is 0.455. The van der Waals surface area contributed by atoms with E-state index in [1.807, 2.05) is 12.1 Å². The number of non-ortho nitro benzene ring substituents is 1. The molecule has 0 radical (unpaired) electrons. The smallest absolute Gasteiger partial charge is 0.269 e. The molecule has 4 rings (SSSR count). The van der Waals surface area contributed by atoms with Crippen LogP contribution in [0.2, 0.25) is 0 Å². The van der Waals surface area contributed by atoms with Gasteiger partial charge in [-0.3, -0.25) is 10.1 Å². The predicted octanol–water partition coefficient (Wildman–Crippen LogP) is 5.54. The number of nitro groups is 1. The predicted molar refractivity (Wildman–Crippen MR) is 100.0 cm³/mol. The number of hydrogen-bond acceptors (Lipinski definition) is 3. The Morgan fingerprint density at radius 3 is 2.60 bits per heavy atom. The van der Waals surface area contributed by atoms with Crippen LogP contribution in [0.25, 0.3) is 0 Å². The van der Waals surface area contributed by atoms with Crippen molar-refractivity contribution in [2.24, 2.45) is 5.92 Å². The third kappa shape index (κ3) is 2.62. The lowest BCUT2D eigenvalue weighted by Gasteiger charge is -2.39. The number of para-hydroxylation sites is 1. The van der Waals surface area contributed by atoms with Gasteiger partial charge in [0.15, 0.2) is 0 Å². The number of nitrogens with zero attached hydrogens (tertiary/aromatic N) is 1. The van der Waals surface area contributed by atoms with Crippen molar-refractivity contribution in [3.63, 3.8) is 0 Å². The van der Waals surface area contributed by atoms with E-state index >= 15 is 0 Å². The highest BCUT2D eigenvalue weighted by atomic mass is 16.6. The lowest BCUT2D eigenvalue weighted by Crippen LogP contribution is -2.29. The van der Waals surface area contributed by atoms with Gasteiger partial charge in [-0.05, 0) is 34.9 Å². The van der Waals surface area contributed by atoms with Crippen LogP contribution in [0.3, 0.4) is 0 Å². The summed E-state index contributed by atoms with van der Waals surface area (Å²) < 4.78 is 0. The standard InChI is InChI=1S/C21H22N2O2/c1-13(2)16-5-3-8-19-17-6-4-7-18(17)20(22-21(16)19)14-9-11-15(12-10-14)23(24)25/h3-6,8-13,17-18,20,22H,7H2,1-2H3/t17-,18-,20+/m0/s1. The van der Waals surface area contributed by atoms with E-state index < -0.39 is 0 Å². The fraction of sp³-hybridized carbons (Fsp3) is 0.333. The van der Waals surface area contributed by atoms with Gasteiger partial charge in [0.1, 0.15) is 0 Å². The van der Waals surface area contributed by atoms with E-state index in [0.29, 0.717) is 17.8 Å². The molecular weight excluding hydrogens is 312 g/mol. The van der Waals surface area contributed by atoms with Gasteiger partial charge in [0.05, 0.1) is 11.0 Å². The lowest BCUT2D eigenvalue weighted by molar-refractivity contribution is -0.384. The number of nitrogens with one attached hydrogen (secondary N) is 1. The Bertz CT molecular complexity index is 839. The van der Waals surface area contributed by atoms with Crippen LogP contribution in [0.15, 0.2) is 54.6 Å². The summed E-state index contributed by atoms with van der Waals surface area (Å²) in [5, 5.41) is 14.7. The van der Waals surface area contributed by atoms with E-state index in [0.717, 1.165) is 12.0 Å². The second kappa shape index (κ2) is 6.03. The van der Waals surface area contributed by atoms with Crippen molar-refractivity contribution in [1.82, 2.24) is 0 Å². The first kappa shape index (κ1) is 15.9. The molecule has 128 valence electrons. The number of nitro benzene ring substituents is 1. The molecule has 2 aromatic rings. The minimum absolute atomic E-state index is 0.143. The molecule has 4 heteroatoms. The first-order valence-corrected chi connectivity index (χ1v) is 8.86. The first-order chi connectivity index (χ1) is 12.1. The SMILES string of the molecule is CC(C)c1cccc2c1N[C@H](c1ccc([N+](=O)[O-])cc1)[C@H]1CC=C[C@H]21. The molecule has 2 aromatic carbocycles. The molecule has 1 aliphatic heterocycles. The highest BCUT2D eigenvalue weighted by molar-refractivity contribution is 5.65. The Balaban J connectivity index is 1.77. The average Bonchev–Trinajstić information content (AvgIpc) is 3.10. The molecule has 0 fully saturated rings. The van der Waals surface area contributed by atoms with Gasteiger partial charge in [-0.1, -0.05) is 56.3 Å². The molecule has 0 saturated heterocycles. The lowest BCUT2D eigenvalue weighted by atomic mass is 9.75. The summed E-state index contributed by atoms with van der Waals surface area (Å²) in [5.74, 6) is 1.31. The van der Waals surface area contributed by atoms with Crippen molar-refractivity contribution in [2.75, 3.05) is 5.32 Å². The zero-order valence-corrected chi connectivity index (χ0v) is 14.5. The molecule has 25 heavy (non-hydrogen) atoms. The Hall–Kier alpha value is -2.62. The second-order valence-corrected chi connectivity index (χ2v) is 7.29. The van der Waals surface area contributed by atoms with Gasteiger partial charge < -0.3 is 5.32 Å². The molecule has 0 spiro atoms. The Morgan fingerprint density at radius 1 is 1.16 bits per heavy atom. The summed E-state index contributed by atoms with van der Waals surface area (Å²) >= 11 is 0. The van der Waals surface area contributed by atoms with Crippen LogP contribution < -0.4 is 5.32 Å². The van der Waals surface area contributed by atoms with Crippen LogP contribution in [0.5, 0.6) is 0 Å². The fourth-order valence-electron chi connectivity index (χ4n) is 4.26. The summed E-state index contributed by atoms with van der Waals surface area (Å²) in [6, 6.07) is 13.8. The molecule has 1 N–H and O–H groups in total. The molecule has 2 aliphatic rings. The normalized spacial score (nSPS) is 23.9. The maximum Gasteiger partial charge on any atom is 0.269 e. The van der Waals surface area contributed by atoms with Gasteiger partial charge >= 0.3 is 0 Å². The van der Waals surface area contributed by atoms with Crippen molar-refractivity contribution < 1.29 is 4.92 Å². The second-order valence-electron chi connectivity index (χ2n) is 7.29. The van der Waals surface area contributed by atoms with E-state index in [4.69, 9.17) is 0 Å². The van der Waals surface area contributed by atoms with Crippen LogP contribution in [0.4, 0.5) is 11.4 Å². The van der Waals surface area contributed by atoms with Gasteiger partial charge in [-0.15, -0.1) is 0 Å². The Labute approximate surface area is 147 Å². The zero-order valence-electron chi connectivity index (χ0n) is 14.5. The van der Waals surface area contributed by atoms with Crippen molar-refractivity contribution in [2.45, 2.75) is 38.1 Å². The van der Waals surface area contributed by atoms with Crippen LogP contribution in [0, 0.1) is 16.0 Å². The number of allylic oxidation sites excluding steroid dienone is 2. The third-order valence-electron chi connectivity index (χ3n) is 5.51. The Morgan fingerprint density at radius 2 is 1.92 bits per heavy atom. The maximum absolute atomic E-state index is 10.9. The highest BCUT2D eigenvalue weighted by Crippen LogP contribution is 2.51. The van der Waals surface area contributed by atoms with Gasteiger partial charge in [-0.2, -0.15) is 0 Å². The van der Waals surface area contributed by atoms with Gasteiger partial charge in [-0.25, -0.2) is 0 Å². The van der Waals surface area contributed by atoms with Crippen molar-refractivity contribution >= 4 is 11.4 Å². The Kier molecular flexibility index (Phi) is 3.83. The highest BCUT2D eigenvalue weighted by Gasteiger charge is 2.38. The number of anilines is 1. The van der Waals surface area contributed by atoms with Crippen molar-refractivity contribution in [3.05, 3.63) is 81.4 Å². The molecule has 0 aromatic heterocycles. The van der Waals surface area contributed by atoms with E-state index in [9.17, 15) is 10.1 Å². The van der Waals surface area contributed by atoms with E-state index in [1.165, 1.54) is 16.8 Å². The minimum atomic E-state index is -0.343. The zero-order chi connectivity index (χ0) is 17.6. The van der Waals surface area contributed by atoms with Crippen LogP contribution >= 0.6 is 0 Å². The number of rotatable bonds is 3. The fourth-order valence-corrected chi connectivity index (χ4v) is 4.26. The van der Waals surface area contributed by atoms with Crippen LogP contribution in [-0.2, 0) is 0 Å². The molecule has 0 unspecified atom stereocenters. The largest absolute Gasteiger partial charge is 0.377 e. The van der Waals surface area contributed by atoms with Gasteiger partial charge in [0, 0.05) is 23.7 Å². The van der Waals surface area contributed by atoms with E-state index in [2.05, 4.69) is 49.5 Å². The van der Waals surface area contributed by atoms with Crippen LogP contribution in [-0.4, -0.2) is 4.92 Å². The van der Waals surface area contributed by atoms with Crippen molar-refractivity contribution in [3.8, 4) is 0 Å². The van der Waals surface area contributed by atoms with E-state index in [1.54, 1.807) is 12.1 Å². The molecule has 1 heterocycles. The topological polar surface area (TPSA) is 55.2 Å². The summed E-state index contributed by atoms with van der Waals surface area (Å²) in [6.07, 6.45) is 5.63. The maximum atomic E-state index is 10.9. The van der Waals surface area contributed by atoms with Gasteiger partial charge in [0.25, 0.3) is 5.69 Å². The summed E-state index contributed by atoms with van der Waals surface area (Å²) in [7, 11) is 0. The molecule has 3 atom stereocenters. The molecule has 0 bridgehead atoms.